The molecule has 5 nitrogen and oxygen atoms in total. The molecule has 234 valence electrons. The van der Waals surface area contributed by atoms with Gasteiger partial charge >= 0.3 is 0 Å². The molecule has 5 heteroatoms. The second-order valence-electron chi connectivity index (χ2n) is 12.4. The molecule has 0 unspecified atom stereocenters. The Labute approximate surface area is 287 Å². The average Bonchev–Trinajstić information content (AvgIpc) is 3.77. The first-order chi connectivity index (χ1) is 24.8. The predicted octanol–water partition coefficient (Wildman–Crippen LogP) is 12.0. The number of nitrogens with zero attached hydrogens (tertiary/aromatic N) is 3. The number of hydrogen-bond donors (Lipinski definition) is 0. The molecule has 4 aromatic heterocycles. The molecule has 4 heterocycles. The van der Waals surface area contributed by atoms with E-state index in [0.29, 0.717) is 5.82 Å². The van der Waals surface area contributed by atoms with Crippen LogP contribution < -0.4 is 0 Å². The number of furan rings is 2. The van der Waals surface area contributed by atoms with Crippen molar-refractivity contribution in [2.45, 2.75) is 0 Å². The minimum Gasteiger partial charge on any atom is -0.455 e. The van der Waals surface area contributed by atoms with Gasteiger partial charge < -0.3 is 8.83 Å². The van der Waals surface area contributed by atoms with Gasteiger partial charge in [0.15, 0.2) is 5.82 Å². The fourth-order valence-corrected chi connectivity index (χ4v) is 7.14. The molecule has 0 atom stereocenters. The lowest BCUT2D eigenvalue weighted by Crippen LogP contribution is -1.97. The standard InChI is InChI=1S/C45H27N3O2/c1-2-11-29(12-3-1)45-47-38(31-14-5-4-13-30(31)28-23-25-46-26-24-28)27-39(48-45)36-22-21-33(42-37-16-7-9-20-41(37)50-44(36)42)35-18-10-17-34-32-15-6-8-19-40(32)49-43(34)35/h1-27H. The summed E-state index contributed by atoms with van der Waals surface area (Å²) in [5.74, 6) is 0.642. The van der Waals surface area contributed by atoms with Crippen LogP contribution in [0.3, 0.4) is 0 Å². The van der Waals surface area contributed by atoms with E-state index >= 15 is 0 Å². The van der Waals surface area contributed by atoms with E-state index in [4.69, 9.17) is 18.8 Å². The minimum absolute atomic E-state index is 0.642. The molecule has 0 bridgehead atoms. The molecule has 0 aliphatic carbocycles. The second-order valence-corrected chi connectivity index (χ2v) is 12.4. The highest BCUT2D eigenvalue weighted by molar-refractivity contribution is 6.19. The Bertz CT molecular complexity index is 2870. The Balaban J connectivity index is 1.25. The van der Waals surface area contributed by atoms with Gasteiger partial charge in [0, 0.05) is 56.2 Å². The number of para-hydroxylation sites is 3. The van der Waals surface area contributed by atoms with Gasteiger partial charge in [-0.05, 0) is 53.1 Å². The van der Waals surface area contributed by atoms with Gasteiger partial charge in [0.1, 0.15) is 22.3 Å². The SMILES string of the molecule is c1ccc(-c2nc(-c3ccccc3-c3ccncc3)cc(-c3ccc(-c4cccc5c4oc4ccccc45)c4c3oc3ccccc34)n2)cc1. The first-order valence-corrected chi connectivity index (χ1v) is 16.6. The molecular formula is C45H27N3O2. The highest BCUT2D eigenvalue weighted by atomic mass is 16.3. The van der Waals surface area contributed by atoms with Crippen LogP contribution in [0.4, 0.5) is 0 Å². The molecule has 0 fully saturated rings. The van der Waals surface area contributed by atoms with E-state index in [0.717, 1.165) is 94.2 Å². The topological polar surface area (TPSA) is 65.0 Å². The zero-order chi connectivity index (χ0) is 33.0. The highest BCUT2D eigenvalue weighted by Crippen LogP contribution is 2.45. The van der Waals surface area contributed by atoms with Gasteiger partial charge in [-0.25, -0.2) is 9.97 Å². The van der Waals surface area contributed by atoms with E-state index in [1.165, 1.54) is 0 Å². The normalized spacial score (nSPS) is 11.6. The minimum atomic E-state index is 0.642. The summed E-state index contributed by atoms with van der Waals surface area (Å²) in [4.78, 5) is 14.6. The van der Waals surface area contributed by atoms with Crippen molar-refractivity contribution in [1.29, 1.82) is 0 Å². The third-order valence-electron chi connectivity index (χ3n) is 9.45. The Morgan fingerprint density at radius 1 is 0.380 bits per heavy atom. The van der Waals surface area contributed by atoms with Gasteiger partial charge in [0.2, 0.25) is 0 Å². The van der Waals surface area contributed by atoms with Crippen molar-refractivity contribution >= 4 is 43.9 Å². The van der Waals surface area contributed by atoms with Crippen molar-refractivity contribution in [2.24, 2.45) is 0 Å². The first-order valence-electron chi connectivity index (χ1n) is 16.6. The van der Waals surface area contributed by atoms with Gasteiger partial charge in [0.05, 0.1) is 11.4 Å². The number of fused-ring (bicyclic) bond motifs is 6. The van der Waals surface area contributed by atoms with Crippen LogP contribution in [0, 0.1) is 0 Å². The van der Waals surface area contributed by atoms with Crippen LogP contribution >= 0.6 is 0 Å². The molecule has 0 saturated carbocycles. The third kappa shape index (κ3) is 4.52. The summed E-state index contributed by atoms with van der Waals surface area (Å²) in [5, 5.41) is 4.24. The monoisotopic (exact) mass is 641 g/mol. The number of hydrogen-bond acceptors (Lipinski definition) is 5. The predicted molar refractivity (Wildman–Crippen MR) is 202 cm³/mol. The lowest BCUT2D eigenvalue weighted by Gasteiger charge is -2.14. The molecule has 0 N–H and O–H groups in total. The second kappa shape index (κ2) is 11.4. The molecule has 6 aromatic carbocycles. The molecule has 0 spiro atoms. The molecule has 50 heavy (non-hydrogen) atoms. The summed E-state index contributed by atoms with van der Waals surface area (Å²) in [7, 11) is 0. The Kier molecular flexibility index (Phi) is 6.42. The van der Waals surface area contributed by atoms with Crippen LogP contribution in [-0.4, -0.2) is 15.0 Å². The van der Waals surface area contributed by atoms with Gasteiger partial charge in [-0.2, -0.15) is 0 Å². The smallest absolute Gasteiger partial charge is 0.160 e. The van der Waals surface area contributed by atoms with Crippen LogP contribution in [0.1, 0.15) is 0 Å². The molecule has 0 radical (unpaired) electrons. The zero-order valence-corrected chi connectivity index (χ0v) is 26.7. The fourth-order valence-electron chi connectivity index (χ4n) is 7.14. The lowest BCUT2D eigenvalue weighted by atomic mass is 9.94. The van der Waals surface area contributed by atoms with Crippen LogP contribution in [-0.2, 0) is 0 Å². The first kappa shape index (κ1) is 28.2. The van der Waals surface area contributed by atoms with E-state index in [9.17, 15) is 0 Å². The van der Waals surface area contributed by atoms with E-state index < -0.39 is 0 Å². The Morgan fingerprint density at radius 2 is 0.980 bits per heavy atom. The van der Waals surface area contributed by atoms with Crippen molar-refractivity contribution in [3.63, 3.8) is 0 Å². The van der Waals surface area contributed by atoms with E-state index in [1.807, 2.05) is 79.1 Å². The summed E-state index contributed by atoms with van der Waals surface area (Å²) in [6.45, 7) is 0. The van der Waals surface area contributed by atoms with Gasteiger partial charge in [-0.1, -0.05) is 115 Å². The number of aromatic nitrogens is 3. The molecule has 10 rings (SSSR count). The number of pyridine rings is 1. The molecule has 0 aliphatic heterocycles. The van der Waals surface area contributed by atoms with Crippen molar-refractivity contribution in [2.75, 3.05) is 0 Å². The molecular weight excluding hydrogens is 615 g/mol. The fraction of sp³-hybridized carbons (Fsp3) is 0. The Morgan fingerprint density at radius 3 is 1.80 bits per heavy atom. The van der Waals surface area contributed by atoms with Crippen molar-refractivity contribution in [3.8, 4) is 56.2 Å². The lowest BCUT2D eigenvalue weighted by molar-refractivity contribution is 0.669. The van der Waals surface area contributed by atoms with Crippen molar-refractivity contribution < 1.29 is 8.83 Å². The van der Waals surface area contributed by atoms with Gasteiger partial charge in [-0.3, -0.25) is 4.98 Å². The molecule has 0 aliphatic rings. The van der Waals surface area contributed by atoms with Crippen LogP contribution in [0.15, 0.2) is 173 Å². The van der Waals surface area contributed by atoms with E-state index in [1.54, 1.807) is 0 Å². The summed E-state index contributed by atoms with van der Waals surface area (Å²) >= 11 is 0. The third-order valence-corrected chi connectivity index (χ3v) is 9.45. The maximum absolute atomic E-state index is 6.76. The van der Waals surface area contributed by atoms with E-state index in [2.05, 4.69) is 89.9 Å². The molecule has 10 aromatic rings. The average molecular weight is 642 g/mol. The molecule has 0 saturated heterocycles. The summed E-state index contributed by atoms with van der Waals surface area (Å²) in [5.41, 5.74) is 11.9. The summed E-state index contributed by atoms with van der Waals surface area (Å²) in [6.07, 6.45) is 3.64. The van der Waals surface area contributed by atoms with Gasteiger partial charge in [-0.15, -0.1) is 0 Å². The maximum atomic E-state index is 6.76. The van der Waals surface area contributed by atoms with E-state index in [-0.39, 0.29) is 0 Å². The van der Waals surface area contributed by atoms with Crippen molar-refractivity contribution in [3.05, 3.63) is 164 Å². The highest BCUT2D eigenvalue weighted by Gasteiger charge is 2.22. The maximum Gasteiger partial charge on any atom is 0.160 e. The molecule has 0 amide bonds. The van der Waals surface area contributed by atoms with Crippen LogP contribution in [0.2, 0.25) is 0 Å². The number of rotatable bonds is 5. The summed E-state index contributed by atoms with van der Waals surface area (Å²) < 4.78 is 13.3. The van der Waals surface area contributed by atoms with Crippen LogP contribution in [0.25, 0.3) is 100 Å². The van der Waals surface area contributed by atoms with Gasteiger partial charge in [0.25, 0.3) is 0 Å². The number of benzene rings is 6. The van der Waals surface area contributed by atoms with Crippen molar-refractivity contribution in [1.82, 2.24) is 15.0 Å². The Hall–Kier alpha value is -6.85. The largest absolute Gasteiger partial charge is 0.455 e. The summed E-state index contributed by atoms with van der Waals surface area (Å²) in [6, 6.07) is 51.7. The zero-order valence-electron chi connectivity index (χ0n) is 26.7. The van der Waals surface area contributed by atoms with Crippen LogP contribution in [0.5, 0.6) is 0 Å². The quantitative estimate of drug-likeness (QED) is 0.187.